The molecule has 0 aromatic heterocycles. The van der Waals surface area contributed by atoms with Crippen LogP contribution in [0.3, 0.4) is 0 Å². The average molecular weight is 125 g/mol. The average Bonchev–Trinajstić information content (AvgIpc) is 1.64. The smallest absolute Gasteiger partial charge is 0.00214 e. The molecule has 0 fully saturated rings. The molecule has 0 atom stereocenters. The van der Waals surface area contributed by atoms with Crippen LogP contribution in [0.4, 0.5) is 0 Å². The maximum absolute atomic E-state index is 5.23. The van der Waals surface area contributed by atoms with Gasteiger partial charge in [-0.1, -0.05) is 32.1 Å². The number of hydrogen-bond acceptors (Lipinski definition) is 1. The molecule has 2 N–H and O–H groups in total. The Labute approximate surface area is 57.3 Å². The fraction of sp³-hybridized carbons (Fsp3) is 0.500. The quantitative estimate of drug-likeness (QED) is 0.562. The molecule has 0 saturated carbocycles. The Hall–Kier alpha value is -0.720. The van der Waals surface area contributed by atoms with E-state index >= 15 is 0 Å². The number of nitrogens with two attached hydrogens (primary N) is 1. The predicted octanol–water partition coefficient (Wildman–Crippen LogP) is 2.06. The Morgan fingerprint density at radius 2 is 1.78 bits per heavy atom. The molecule has 0 radical (unpaired) electrons. The summed E-state index contributed by atoms with van der Waals surface area (Å²) >= 11 is 0. The minimum absolute atomic E-state index is 0.115. The zero-order valence-corrected chi connectivity index (χ0v) is 6.39. The highest BCUT2D eigenvalue weighted by molar-refractivity contribution is 5.05. The van der Waals surface area contributed by atoms with Crippen LogP contribution in [0.1, 0.15) is 20.8 Å². The molecule has 1 heteroatoms. The van der Waals surface area contributed by atoms with Gasteiger partial charge in [-0.05, 0) is 13.1 Å². The molecule has 0 rings (SSSR count). The van der Waals surface area contributed by atoms with Crippen LogP contribution in [0.15, 0.2) is 24.4 Å². The molecule has 0 unspecified atom stereocenters. The van der Waals surface area contributed by atoms with E-state index in [1.807, 2.05) is 19.1 Å². The Morgan fingerprint density at radius 1 is 1.22 bits per heavy atom. The summed E-state index contributed by atoms with van der Waals surface area (Å²) in [5.74, 6) is 0. The molecule has 0 aliphatic heterocycles. The second-order valence-corrected chi connectivity index (χ2v) is 2.68. The third kappa shape index (κ3) is 3.83. The second-order valence-electron chi connectivity index (χ2n) is 2.68. The van der Waals surface area contributed by atoms with Gasteiger partial charge in [-0.15, -0.1) is 0 Å². The molecule has 52 valence electrons. The monoisotopic (exact) mass is 125 g/mol. The van der Waals surface area contributed by atoms with E-state index in [2.05, 4.69) is 19.9 Å². The number of hydrogen-bond donors (Lipinski definition) is 1. The van der Waals surface area contributed by atoms with Gasteiger partial charge in [0.25, 0.3) is 0 Å². The van der Waals surface area contributed by atoms with Crippen molar-refractivity contribution in [3.63, 3.8) is 0 Å². The molecule has 0 bridgehead atoms. The summed E-state index contributed by atoms with van der Waals surface area (Å²) in [6, 6.07) is 0. The lowest BCUT2D eigenvalue weighted by atomic mass is 9.93. The Balaban J connectivity index is 4.01. The highest BCUT2D eigenvalue weighted by Gasteiger charge is 2.05. The fourth-order valence-electron chi connectivity index (χ4n) is 0.733. The van der Waals surface area contributed by atoms with Crippen molar-refractivity contribution in [3.05, 3.63) is 24.4 Å². The SMILES string of the molecule is C/C=C\C(C)(C)/C=C\N. The zero-order valence-electron chi connectivity index (χ0n) is 6.39. The van der Waals surface area contributed by atoms with Crippen molar-refractivity contribution >= 4 is 0 Å². The summed E-state index contributed by atoms with van der Waals surface area (Å²) < 4.78 is 0. The molecular weight excluding hydrogens is 110 g/mol. The minimum atomic E-state index is 0.115. The third-order valence-corrected chi connectivity index (χ3v) is 1.12. The van der Waals surface area contributed by atoms with Gasteiger partial charge in [0.15, 0.2) is 0 Å². The number of rotatable bonds is 2. The number of allylic oxidation sites excluding steroid dienone is 3. The minimum Gasteiger partial charge on any atom is -0.405 e. The lowest BCUT2D eigenvalue weighted by Crippen LogP contribution is -2.02. The van der Waals surface area contributed by atoms with Crippen molar-refractivity contribution in [2.45, 2.75) is 20.8 Å². The normalized spacial score (nSPS) is 13.7. The van der Waals surface area contributed by atoms with Crippen molar-refractivity contribution in [1.82, 2.24) is 0 Å². The van der Waals surface area contributed by atoms with Crippen molar-refractivity contribution < 1.29 is 0 Å². The third-order valence-electron chi connectivity index (χ3n) is 1.12. The van der Waals surface area contributed by atoms with Gasteiger partial charge in [0.1, 0.15) is 0 Å². The first kappa shape index (κ1) is 8.28. The molecule has 0 aromatic rings. The van der Waals surface area contributed by atoms with E-state index in [1.165, 1.54) is 0 Å². The van der Waals surface area contributed by atoms with Crippen molar-refractivity contribution in [3.8, 4) is 0 Å². The summed E-state index contributed by atoms with van der Waals surface area (Å²) in [6.07, 6.45) is 7.68. The van der Waals surface area contributed by atoms with Gasteiger partial charge in [0, 0.05) is 5.41 Å². The largest absolute Gasteiger partial charge is 0.405 e. The molecule has 0 aromatic carbocycles. The van der Waals surface area contributed by atoms with Gasteiger partial charge in [-0.3, -0.25) is 0 Å². The lowest BCUT2D eigenvalue weighted by molar-refractivity contribution is 0.623. The molecule has 0 saturated heterocycles. The van der Waals surface area contributed by atoms with Crippen LogP contribution in [0.25, 0.3) is 0 Å². The van der Waals surface area contributed by atoms with Crippen LogP contribution >= 0.6 is 0 Å². The molecule has 9 heavy (non-hydrogen) atoms. The summed E-state index contributed by atoms with van der Waals surface area (Å²) in [6.45, 7) is 6.22. The molecular formula is C8H15N. The van der Waals surface area contributed by atoms with Crippen LogP contribution in [0.2, 0.25) is 0 Å². The second kappa shape index (κ2) is 3.33. The lowest BCUT2D eigenvalue weighted by Gasteiger charge is -2.12. The van der Waals surface area contributed by atoms with E-state index in [1.54, 1.807) is 6.20 Å². The summed E-state index contributed by atoms with van der Waals surface area (Å²) in [4.78, 5) is 0. The van der Waals surface area contributed by atoms with E-state index in [4.69, 9.17) is 5.73 Å². The summed E-state index contributed by atoms with van der Waals surface area (Å²) in [7, 11) is 0. The van der Waals surface area contributed by atoms with Crippen LogP contribution < -0.4 is 5.73 Å². The van der Waals surface area contributed by atoms with Crippen molar-refractivity contribution in [2.24, 2.45) is 11.1 Å². The molecule has 0 spiro atoms. The van der Waals surface area contributed by atoms with Crippen molar-refractivity contribution in [1.29, 1.82) is 0 Å². The maximum atomic E-state index is 5.23. The molecule has 0 aliphatic rings. The topological polar surface area (TPSA) is 26.0 Å². The fourth-order valence-corrected chi connectivity index (χ4v) is 0.733. The molecule has 0 aliphatic carbocycles. The Morgan fingerprint density at radius 3 is 2.11 bits per heavy atom. The van der Waals surface area contributed by atoms with Gasteiger partial charge in [0.2, 0.25) is 0 Å². The van der Waals surface area contributed by atoms with Crippen LogP contribution in [0.5, 0.6) is 0 Å². The first-order chi connectivity index (χ1) is 4.12. The summed E-state index contributed by atoms with van der Waals surface area (Å²) in [5.41, 5.74) is 5.35. The van der Waals surface area contributed by atoms with Gasteiger partial charge in [-0.2, -0.15) is 0 Å². The van der Waals surface area contributed by atoms with E-state index in [0.717, 1.165) is 0 Å². The zero-order chi connectivity index (χ0) is 7.33. The van der Waals surface area contributed by atoms with Crippen molar-refractivity contribution in [2.75, 3.05) is 0 Å². The molecule has 0 heterocycles. The van der Waals surface area contributed by atoms with Crippen LogP contribution in [-0.2, 0) is 0 Å². The maximum Gasteiger partial charge on any atom is 0.00214 e. The highest BCUT2D eigenvalue weighted by Crippen LogP contribution is 2.17. The van der Waals surface area contributed by atoms with Gasteiger partial charge >= 0.3 is 0 Å². The molecule has 0 amide bonds. The van der Waals surface area contributed by atoms with E-state index in [0.29, 0.717) is 0 Å². The van der Waals surface area contributed by atoms with E-state index < -0.39 is 0 Å². The highest BCUT2D eigenvalue weighted by atomic mass is 14.5. The first-order valence-electron chi connectivity index (χ1n) is 3.15. The Bertz CT molecular complexity index is 107. The van der Waals surface area contributed by atoms with Gasteiger partial charge in [-0.25, -0.2) is 0 Å². The van der Waals surface area contributed by atoms with Gasteiger partial charge in [0.05, 0.1) is 0 Å². The summed E-state index contributed by atoms with van der Waals surface area (Å²) in [5, 5.41) is 0. The molecule has 1 nitrogen and oxygen atoms in total. The Kier molecular flexibility index (Phi) is 3.07. The van der Waals surface area contributed by atoms with E-state index in [-0.39, 0.29) is 5.41 Å². The van der Waals surface area contributed by atoms with Crippen LogP contribution in [0, 0.1) is 5.41 Å². The van der Waals surface area contributed by atoms with Crippen LogP contribution in [-0.4, -0.2) is 0 Å². The standard InChI is InChI=1S/C8H15N/c1-4-5-8(2,3)6-7-9/h4-7H,9H2,1-3H3/b5-4-,7-6-. The predicted molar refractivity (Wildman–Crippen MR) is 41.9 cm³/mol. The van der Waals surface area contributed by atoms with Gasteiger partial charge < -0.3 is 5.73 Å². The first-order valence-corrected chi connectivity index (χ1v) is 3.15. The van der Waals surface area contributed by atoms with E-state index in [9.17, 15) is 0 Å².